The van der Waals surface area contributed by atoms with Gasteiger partial charge in [-0.05, 0) is 60.7 Å². The molecular formula is C20H18N2O3. The van der Waals surface area contributed by atoms with E-state index in [4.69, 9.17) is 4.74 Å². The van der Waals surface area contributed by atoms with E-state index in [1.807, 2.05) is 66.7 Å². The van der Waals surface area contributed by atoms with E-state index in [9.17, 15) is 4.79 Å². The maximum absolute atomic E-state index is 11.2. The minimum atomic E-state index is -0.491. The van der Waals surface area contributed by atoms with Crippen LogP contribution in [-0.2, 0) is 4.74 Å². The summed E-state index contributed by atoms with van der Waals surface area (Å²) in [5.74, 6) is 1.58. The van der Waals surface area contributed by atoms with Gasteiger partial charge < -0.3 is 14.8 Å². The molecule has 126 valence electrons. The van der Waals surface area contributed by atoms with Gasteiger partial charge in [-0.1, -0.05) is 18.2 Å². The first-order valence-corrected chi connectivity index (χ1v) is 7.78. The minimum Gasteiger partial charge on any atom is -0.457 e. The van der Waals surface area contributed by atoms with Gasteiger partial charge in [-0.2, -0.15) is 0 Å². The van der Waals surface area contributed by atoms with E-state index in [2.05, 4.69) is 15.4 Å². The van der Waals surface area contributed by atoms with Crippen molar-refractivity contribution in [3.63, 3.8) is 0 Å². The Bertz CT molecular complexity index is 816. The van der Waals surface area contributed by atoms with E-state index < -0.39 is 6.09 Å². The van der Waals surface area contributed by atoms with Crippen LogP contribution in [0.4, 0.5) is 21.9 Å². The molecule has 0 aromatic heterocycles. The molecule has 25 heavy (non-hydrogen) atoms. The number of para-hydroxylation sites is 1. The second-order valence-corrected chi connectivity index (χ2v) is 5.26. The van der Waals surface area contributed by atoms with E-state index >= 15 is 0 Å². The van der Waals surface area contributed by atoms with E-state index in [1.165, 1.54) is 7.11 Å². The average Bonchev–Trinajstić information content (AvgIpc) is 2.66. The van der Waals surface area contributed by atoms with Gasteiger partial charge in [-0.3, -0.25) is 5.32 Å². The van der Waals surface area contributed by atoms with Crippen molar-refractivity contribution in [1.82, 2.24) is 0 Å². The average molecular weight is 334 g/mol. The van der Waals surface area contributed by atoms with E-state index in [0.29, 0.717) is 5.69 Å². The Balaban J connectivity index is 1.60. The van der Waals surface area contributed by atoms with Crippen LogP contribution in [0.2, 0.25) is 0 Å². The third-order valence-corrected chi connectivity index (χ3v) is 3.44. The molecule has 3 rings (SSSR count). The summed E-state index contributed by atoms with van der Waals surface area (Å²) < 4.78 is 10.3. The summed E-state index contributed by atoms with van der Waals surface area (Å²) in [4.78, 5) is 11.2. The molecule has 0 unspecified atom stereocenters. The molecule has 1 amide bonds. The van der Waals surface area contributed by atoms with Crippen molar-refractivity contribution >= 4 is 23.2 Å². The monoisotopic (exact) mass is 334 g/mol. The van der Waals surface area contributed by atoms with Crippen molar-refractivity contribution in [2.75, 3.05) is 17.7 Å². The molecule has 0 saturated heterocycles. The Morgan fingerprint density at radius 2 is 1.24 bits per heavy atom. The Kier molecular flexibility index (Phi) is 5.16. The maximum Gasteiger partial charge on any atom is 0.411 e. The quantitative estimate of drug-likeness (QED) is 0.656. The van der Waals surface area contributed by atoms with Crippen molar-refractivity contribution in [2.45, 2.75) is 0 Å². The molecule has 0 heterocycles. The van der Waals surface area contributed by atoms with Gasteiger partial charge in [0.1, 0.15) is 11.5 Å². The summed E-state index contributed by atoms with van der Waals surface area (Å²) in [7, 11) is 1.33. The van der Waals surface area contributed by atoms with Crippen molar-refractivity contribution in [3.8, 4) is 11.5 Å². The molecule has 5 nitrogen and oxygen atoms in total. The van der Waals surface area contributed by atoms with Gasteiger partial charge in [-0.25, -0.2) is 4.79 Å². The third-order valence-electron chi connectivity index (χ3n) is 3.44. The summed E-state index contributed by atoms with van der Waals surface area (Å²) in [6.07, 6.45) is -0.491. The van der Waals surface area contributed by atoms with Crippen molar-refractivity contribution in [1.29, 1.82) is 0 Å². The number of rotatable bonds is 5. The molecular weight excluding hydrogens is 316 g/mol. The number of anilines is 3. The lowest BCUT2D eigenvalue weighted by atomic mass is 10.2. The Hall–Kier alpha value is -3.47. The molecule has 0 atom stereocenters. The number of ether oxygens (including phenoxy) is 2. The predicted octanol–water partition coefficient (Wildman–Crippen LogP) is 5.40. The number of methoxy groups -OCH3 is 1. The van der Waals surface area contributed by atoms with Crippen LogP contribution >= 0.6 is 0 Å². The Labute approximate surface area is 146 Å². The molecule has 0 aliphatic heterocycles. The molecule has 0 aliphatic carbocycles. The first-order chi connectivity index (χ1) is 12.2. The van der Waals surface area contributed by atoms with Gasteiger partial charge in [0.15, 0.2) is 0 Å². The molecule has 0 radical (unpaired) electrons. The summed E-state index contributed by atoms with van der Waals surface area (Å²) in [5.41, 5.74) is 2.52. The molecule has 3 aromatic rings. The van der Waals surface area contributed by atoms with Gasteiger partial charge in [0.2, 0.25) is 0 Å². The lowest BCUT2D eigenvalue weighted by Gasteiger charge is -2.10. The molecule has 0 fully saturated rings. The summed E-state index contributed by atoms with van der Waals surface area (Å²) >= 11 is 0. The number of carbonyl (C=O) groups is 1. The molecule has 5 heteroatoms. The summed E-state index contributed by atoms with van der Waals surface area (Å²) in [6.45, 7) is 0. The second-order valence-electron chi connectivity index (χ2n) is 5.26. The highest BCUT2D eigenvalue weighted by atomic mass is 16.5. The predicted molar refractivity (Wildman–Crippen MR) is 98.7 cm³/mol. The van der Waals surface area contributed by atoms with Crippen LogP contribution in [0.5, 0.6) is 11.5 Å². The Morgan fingerprint density at radius 1 is 0.720 bits per heavy atom. The molecule has 0 bridgehead atoms. The highest BCUT2D eigenvalue weighted by Crippen LogP contribution is 2.24. The number of hydrogen-bond donors (Lipinski definition) is 2. The van der Waals surface area contributed by atoms with Crippen molar-refractivity contribution < 1.29 is 14.3 Å². The lowest BCUT2D eigenvalue weighted by molar-refractivity contribution is 0.187. The first-order valence-electron chi connectivity index (χ1n) is 7.78. The van der Waals surface area contributed by atoms with E-state index in [0.717, 1.165) is 22.9 Å². The standard InChI is InChI=1S/C20H18N2O3/c1-24-20(23)22-17-9-7-15(8-10-17)21-16-11-13-19(14-12-16)25-18-5-3-2-4-6-18/h2-14,21H,1H3,(H,22,23). The van der Waals surface area contributed by atoms with Gasteiger partial charge >= 0.3 is 6.09 Å². The number of amides is 1. The van der Waals surface area contributed by atoms with Crippen LogP contribution in [0.1, 0.15) is 0 Å². The normalized spacial score (nSPS) is 9.96. The molecule has 3 aromatic carbocycles. The van der Waals surface area contributed by atoms with E-state index in [1.54, 1.807) is 12.1 Å². The SMILES string of the molecule is COC(=O)Nc1ccc(Nc2ccc(Oc3ccccc3)cc2)cc1. The van der Waals surface area contributed by atoms with Crippen molar-refractivity contribution in [2.24, 2.45) is 0 Å². The lowest BCUT2D eigenvalue weighted by Crippen LogP contribution is -2.10. The number of hydrogen-bond acceptors (Lipinski definition) is 4. The van der Waals surface area contributed by atoms with Crippen molar-refractivity contribution in [3.05, 3.63) is 78.9 Å². The fourth-order valence-electron chi connectivity index (χ4n) is 2.20. The highest BCUT2D eigenvalue weighted by molar-refractivity contribution is 5.84. The van der Waals surface area contributed by atoms with Crippen LogP contribution in [-0.4, -0.2) is 13.2 Å². The van der Waals surface area contributed by atoms with Crippen LogP contribution in [0.25, 0.3) is 0 Å². The molecule has 2 N–H and O–H groups in total. The Morgan fingerprint density at radius 3 is 1.84 bits per heavy atom. The number of nitrogens with one attached hydrogen (secondary N) is 2. The van der Waals surface area contributed by atoms with E-state index in [-0.39, 0.29) is 0 Å². The summed E-state index contributed by atoms with van der Waals surface area (Å²) in [6, 6.07) is 24.7. The second kappa shape index (κ2) is 7.88. The molecule has 0 spiro atoms. The minimum absolute atomic E-state index is 0.491. The zero-order chi connectivity index (χ0) is 17.5. The maximum atomic E-state index is 11.2. The van der Waals surface area contributed by atoms with Gasteiger partial charge in [0.25, 0.3) is 0 Å². The zero-order valence-corrected chi connectivity index (χ0v) is 13.7. The topological polar surface area (TPSA) is 59.6 Å². The molecule has 0 aliphatic rings. The van der Waals surface area contributed by atoms with Crippen LogP contribution in [0.15, 0.2) is 78.9 Å². The van der Waals surface area contributed by atoms with Gasteiger partial charge in [0, 0.05) is 17.1 Å². The smallest absolute Gasteiger partial charge is 0.411 e. The zero-order valence-electron chi connectivity index (χ0n) is 13.7. The van der Waals surface area contributed by atoms with Gasteiger partial charge in [-0.15, -0.1) is 0 Å². The first kappa shape index (κ1) is 16.4. The summed E-state index contributed by atoms with van der Waals surface area (Å²) in [5, 5.41) is 5.90. The molecule has 0 saturated carbocycles. The fraction of sp³-hybridized carbons (Fsp3) is 0.0500. The fourth-order valence-corrected chi connectivity index (χ4v) is 2.20. The van der Waals surface area contributed by atoms with Crippen LogP contribution in [0.3, 0.4) is 0 Å². The number of benzene rings is 3. The van der Waals surface area contributed by atoms with Gasteiger partial charge in [0.05, 0.1) is 7.11 Å². The van der Waals surface area contributed by atoms with Crippen LogP contribution < -0.4 is 15.4 Å². The number of carbonyl (C=O) groups excluding carboxylic acids is 1. The third kappa shape index (κ3) is 4.75. The highest BCUT2D eigenvalue weighted by Gasteiger charge is 2.01. The largest absolute Gasteiger partial charge is 0.457 e. The van der Waals surface area contributed by atoms with Crippen LogP contribution in [0, 0.1) is 0 Å².